The van der Waals surface area contributed by atoms with Gasteiger partial charge in [-0.2, -0.15) is 13.2 Å². The molecule has 9 heteroatoms. The summed E-state index contributed by atoms with van der Waals surface area (Å²) in [6.45, 7) is 0. The van der Waals surface area contributed by atoms with Gasteiger partial charge in [0, 0.05) is 11.8 Å². The molecule has 2 aromatic carbocycles. The van der Waals surface area contributed by atoms with E-state index < -0.39 is 28.3 Å². The number of hydrogen-bond donors (Lipinski definition) is 1. The third-order valence-electron chi connectivity index (χ3n) is 3.11. The van der Waals surface area contributed by atoms with Gasteiger partial charge in [0.1, 0.15) is 5.69 Å². The number of carbonyl (C=O) groups is 1. The van der Waals surface area contributed by atoms with Crippen LogP contribution in [-0.4, -0.2) is 18.0 Å². The van der Waals surface area contributed by atoms with E-state index in [0.29, 0.717) is 0 Å². The lowest BCUT2D eigenvalue weighted by Crippen LogP contribution is -2.05. The number of halogens is 3. The molecule has 126 valence electrons. The van der Waals surface area contributed by atoms with Gasteiger partial charge in [-0.15, -0.1) is 0 Å². The second-order valence-corrected chi connectivity index (χ2v) is 4.68. The summed E-state index contributed by atoms with van der Waals surface area (Å²) >= 11 is 0. The number of nitrogens with zero attached hydrogens (tertiary/aromatic N) is 1. The third-order valence-corrected chi connectivity index (χ3v) is 3.11. The summed E-state index contributed by atoms with van der Waals surface area (Å²) in [5, 5.41) is 13.8. The lowest BCUT2D eigenvalue weighted by Gasteiger charge is -2.10. The van der Waals surface area contributed by atoms with E-state index in [4.69, 9.17) is 0 Å². The summed E-state index contributed by atoms with van der Waals surface area (Å²) < 4.78 is 42.0. The van der Waals surface area contributed by atoms with Crippen LogP contribution in [0, 0.1) is 10.1 Å². The molecule has 1 N–H and O–H groups in total. The average Bonchev–Trinajstić information content (AvgIpc) is 2.54. The monoisotopic (exact) mass is 340 g/mol. The molecule has 6 nitrogen and oxygen atoms in total. The predicted octanol–water partition coefficient (Wildman–Crippen LogP) is 4.14. The van der Waals surface area contributed by atoms with Crippen LogP contribution in [0.3, 0.4) is 0 Å². The van der Waals surface area contributed by atoms with Crippen LogP contribution in [0.4, 0.5) is 30.2 Å². The van der Waals surface area contributed by atoms with Crippen molar-refractivity contribution in [1.29, 1.82) is 0 Å². The van der Waals surface area contributed by atoms with Crippen LogP contribution >= 0.6 is 0 Å². The van der Waals surface area contributed by atoms with Gasteiger partial charge in [-0.05, 0) is 36.4 Å². The Morgan fingerprint density at radius 3 is 2.29 bits per heavy atom. The van der Waals surface area contributed by atoms with Crippen molar-refractivity contribution < 1.29 is 27.6 Å². The Labute approximate surface area is 134 Å². The lowest BCUT2D eigenvalue weighted by molar-refractivity contribution is -0.383. The second kappa shape index (κ2) is 6.57. The predicted molar refractivity (Wildman–Crippen MR) is 79.2 cm³/mol. The quantitative estimate of drug-likeness (QED) is 0.514. The fourth-order valence-electron chi connectivity index (χ4n) is 1.93. The molecule has 0 radical (unpaired) electrons. The van der Waals surface area contributed by atoms with E-state index in [2.05, 4.69) is 10.1 Å². The van der Waals surface area contributed by atoms with Gasteiger partial charge in [0.15, 0.2) is 0 Å². The fraction of sp³-hybridized carbons (Fsp3) is 0.133. The van der Waals surface area contributed by atoms with Gasteiger partial charge < -0.3 is 10.1 Å². The Bertz CT molecular complexity index is 773. The molecule has 0 saturated heterocycles. The van der Waals surface area contributed by atoms with E-state index in [1.807, 2.05) is 0 Å². The van der Waals surface area contributed by atoms with Gasteiger partial charge in [0.25, 0.3) is 5.69 Å². The van der Waals surface area contributed by atoms with Crippen molar-refractivity contribution >= 4 is 23.0 Å². The van der Waals surface area contributed by atoms with Gasteiger partial charge in [0.2, 0.25) is 0 Å². The topological polar surface area (TPSA) is 81.5 Å². The summed E-state index contributed by atoms with van der Waals surface area (Å²) in [5.74, 6) is -0.737. The van der Waals surface area contributed by atoms with Crippen molar-refractivity contribution in [2.75, 3.05) is 12.4 Å². The van der Waals surface area contributed by atoms with Gasteiger partial charge in [0.05, 0.1) is 23.2 Å². The third kappa shape index (κ3) is 3.80. The van der Waals surface area contributed by atoms with Gasteiger partial charge >= 0.3 is 12.1 Å². The Kier molecular flexibility index (Phi) is 4.72. The zero-order chi connectivity index (χ0) is 17.9. The molecule has 0 aromatic heterocycles. The van der Waals surface area contributed by atoms with E-state index >= 15 is 0 Å². The molecular formula is C15H11F3N2O4. The molecule has 0 heterocycles. The van der Waals surface area contributed by atoms with Crippen LogP contribution in [0.2, 0.25) is 0 Å². The SMILES string of the molecule is COC(=O)c1ccc(Nc2ccc(C(F)(F)F)cc2)c([N+](=O)[O-])c1. The number of benzene rings is 2. The van der Waals surface area contributed by atoms with Crippen molar-refractivity contribution in [3.05, 3.63) is 63.7 Å². The number of nitro benzene ring substituents is 1. The number of nitrogens with one attached hydrogen (secondary N) is 1. The van der Waals surface area contributed by atoms with Crippen LogP contribution in [0.1, 0.15) is 15.9 Å². The zero-order valence-electron chi connectivity index (χ0n) is 12.3. The van der Waals surface area contributed by atoms with E-state index in [0.717, 1.165) is 37.4 Å². The fourth-order valence-corrected chi connectivity index (χ4v) is 1.93. The molecule has 0 aliphatic carbocycles. The van der Waals surface area contributed by atoms with Crippen molar-refractivity contribution in [3.63, 3.8) is 0 Å². The molecule has 0 spiro atoms. The number of ether oxygens (including phenoxy) is 1. The minimum atomic E-state index is -4.47. The zero-order valence-corrected chi connectivity index (χ0v) is 12.3. The molecule has 0 saturated carbocycles. The lowest BCUT2D eigenvalue weighted by atomic mass is 10.1. The molecule has 24 heavy (non-hydrogen) atoms. The first kappa shape index (κ1) is 17.3. The van der Waals surface area contributed by atoms with Crippen molar-refractivity contribution in [3.8, 4) is 0 Å². The first-order valence-electron chi connectivity index (χ1n) is 6.53. The van der Waals surface area contributed by atoms with E-state index in [1.54, 1.807) is 0 Å². The molecule has 0 amide bonds. The summed E-state index contributed by atoms with van der Waals surface area (Å²) in [6.07, 6.45) is -4.47. The summed E-state index contributed by atoms with van der Waals surface area (Å²) in [4.78, 5) is 21.8. The Balaban J connectivity index is 2.32. The maximum Gasteiger partial charge on any atom is 0.416 e. The average molecular weight is 340 g/mol. The van der Waals surface area contributed by atoms with Crippen molar-refractivity contribution in [2.45, 2.75) is 6.18 Å². The number of anilines is 2. The number of esters is 1. The normalized spacial score (nSPS) is 11.0. The van der Waals surface area contributed by atoms with Gasteiger partial charge in [-0.25, -0.2) is 4.79 Å². The summed E-state index contributed by atoms with van der Waals surface area (Å²) in [6, 6.07) is 7.64. The number of hydrogen-bond acceptors (Lipinski definition) is 5. The smallest absolute Gasteiger partial charge is 0.416 e. The number of methoxy groups -OCH3 is 1. The van der Waals surface area contributed by atoms with Crippen LogP contribution in [0.5, 0.6) is 0 Å². The molecule has 0 fully saturated rings. The standard InChI is InChI=1S/C15H11F3N2O4/c1-24-14(21)9-2-7-12(13(8-9)20(22)23)19-11-5-3-10(4-6-11)15(16,17)18/h2-8,19H,1H3. The highest BCUT2D eigenvalue weighted by atomic mass is 19.4. The number of carbonyl (C=O) groups excluding carboxylic acids is 1. The number of rotatable bonds is 4. The van der Waals surface area contributed by atoms with Gasteiger partial charge in [-0.1, -0.05) is 0 Å². The maximum atomic E-state index is 12.5. The van der Waals surface area contributed by atoms with Crippen LogP contribution < -0.4 is 5.32 Å². The maximum absolute atomic E-state index is 12.5. The van der Waals surface area contributed by atoms with E-state index in [-0.39, 0.29) is 16.9 Å². The van der Waals surface area contributed by atoms with Crippen molar-refractivity contribution in [2.24, 2.45) is 0 Å². The van der Waals surface area contributed by atoms with Gasteiger partial charge in [-0.3, -0.25) is 10.1 Å². The molecule has 0 aliphatic rings. The van der Waals surface area contributed by atoms with Crippen LogP contribution in [0.15, 0.2) is 42.5 Å². The minimum absolute atomic E-state index is 0.0119. The highest BCUT2D eigenvalue weighted by Gasteiger charge is 2.30. The molecule has 0 aliphatic heterocycles. The van der Waals surface area contributed by atoms with E-state index in [9.17, 15) is 28.1 Å². The second-order valence-electron chi connectivity index (χ2n) is 4.68. The largest absolute Gasteiger partial charge is 0.465 e. The number of alkyl halides is 3. The van der Waals surface area contributed by atoms with Crippen LogP contribution in [-0.2, 0) is 10.9 Å². The first-order chi connectivity index (χ1) is 11.2. The molecule has 0 atom stereocenters. The molecule has 0 unspecified atom stereocenters. The van der Waals surface area contributed by atoms with Crippen molar-refractivity contribution in [1.82, 2.24) is 0 Å². The van der Waals surface area contributed by atoms with E-state index in [1.165, 1.54) is 12.1 Å². The first-order valence-corrected chi connectivity index (χ1v) is 6.53. The number of nitro groups is 1. The molecular weight excluding hydrogens is 329 g/mol. The Morgan fingerprint density at radius 2 is 1.79 bits per heavy atom. The Morgan fingerprint density at radius 1 is 1.17 bits per heavy atom. The highest BCUT2D eigenvalue weighted by molar-refractivity contribution is 5.91. The molecule has 0 bridgehead atoms. The highest BCUT2D eigenvalue weighted by Crippen LogP contribution is 2.32. The molecule has 2 aromatic rings. The summed E-state index contributed by atoms with van der Waals surface area (Å²) in [7, 11) is 1.14. The Hall–Kier alpha value is -3.10. The molecule has 2 rings (SSSR count). The van der Waals surface area contributed by atoms with Crippen LogP contribution in [0.25, 0.3) is 0 Å². The summed E-state index contributed by atoms with van der Waals surface area (Å²) in [5.41, 5.74) is -0.979. The minimum Gasteiger partial charge on any atom is -0.465 e.